The Bertz CT molecular complexity index is 182. The van der Waals surface area contributed by atoms with Crippen LogP contribution in [0.25, 0.3) is 0 Å². The number of hydrogen-bond donors (Lipinski definition) is 2. The molecule has 1 heterocycles. The van der Waals surface area contributed by atoms with Gasteiger partial charge in [-0.1, -0.05) is 12.8 Å². The van der Waals surface area contributed by atoms with Crippen LogP contribution in [0.4, 0.5) is 0 Å². The second-order valence-corrected chi connectivity index (χ2v) is 5.05. The first kappa shape index (κ1) is 10.4. The smallest absolute Gasteiger partial charge is 0.0774 e. The maximum absolute atomic E-state index is 10.2. The molecule has 1 aliphatic heterocycles. The van der Waals surface area contributed by atoms with E-state index >= 15 is 0 Å². The van der Waals surface area contributed by atoms with E-state index in [1.54, 1.807) is 0 Å². The van der Waals surface area contributed by atoms with Crippen LogP contribution in [0.5, 0.6) is 0 Å². The number of β-amino-alcohol motifs (C(OH)–C–C–N with tert-alkyl or cyclic N) is 1. The zero-order chi connectivity index (χ0) is 10.0. The number of rotatable bonds is 2. The van der Waals surface area contributed by atoms with Gasteiger partial charge in [0.25, 0.3) is 0 Å². The SMILES string of the molecule is NC1CCN(CC2(O)CCCC2)CC1. The highest BCUT2D eigenvalue weighted by molar-refractivity contribution is 4.88. The molecule has 0 aromatic rings. The molecule has 2 aliphatic rings. The van der Waals surface area contributed by atoms with E-state index in [4.69, 9.17) is 5.73 Å². The van der Waals surface area contributed by atoms with Crippen molar-refractivity contribution in [2.45, 2.75) is 50.2 Å². The molecule has 1 saturated heterocycles. The molecule has 1 saturated carbocycles. The van der Waals surface area contributed by atoms with Crippen LogP contribution in [0.1, 0.15) is 38.5 Å². The molecule has 0 spiro atoms. The lowest BCUT2D eigenvalue weighted by Crippen LogP contribution is -2.47. The van der Waals surface area contributed by atoms with E-state index < -0.39 is 0 Å². The molecule has 2 rings (SSSR count). The lowest BCUT2D eigenvalue weighted by molar-refractivity contribution is 0.00320. The molecule has 0 atom stereocenters. The Morgan fingerprint density at radius 1 is 1.21 bits per heavy atom. The van der Waals surface area contributed by atoms with Crippen LogP contribution in [-0.4, -0.2) is 41.3 Å². The number of nitrogens with zero attached hydrogens (tertiary/aromatic N) is 1. The van der Waals surface area contributed by atoms with Crippen molar-refractivity contribution in [3.05, 3.63) is 0 Å². The largest absolute Gasteiger partial charge is 0.389 e. The van der Waals surface area contributed by atoms with Crippen molar-refractivity contribution in [1.29, 1.82) is 0 Å². The summed E-state index contributed by atoms with van der Waals surface area (Å²) in [6.45, 7) is 3.02. The molecule has 1 aliphatic carbocycles. The van der Waals surface area contributed by atoms with E-state index in [1.165, 1.54) is 12.8 Å². The van der Waals surface area contributed by atoms with E-state index in [0.29, 0.717) is 6.04 Å². The number of likely N-dealkylation sites (tertiary alicyclic amines) is 1. The first-order valence-electron chi connectivity index (χ1n) is 5.88. The summed E-state index contributed by atoms with van der Waals surface area (Å²) in [7, 11) is 0. The highest BCUT2D eigenvalue weighted by Gasteiger charge is 2.33. The Morgan fingerprint density at radius 3 is 2.36 bits per heavy atom. The van der Waals surface area contributed by atoms with Crippen molar-refractivity contribution in [1.82, 2.24) is 4.90 Å². The Morgan fingerprint density at radius 2 is 1.79 bits per heavy atom. The third-order valence-corrected chi connectivity index (χ3v) is 3.68. The van der Waals surface area contributed by atoms with E-state index in [1.807, 2.05) is 0 Å². The van der Waals surface area contributed by atoms with Crippen molar-refractivity contribution in [3.63, 3.8) is 0 Å². The lowest BCUT2D eigenvalue weighted by Gasteiger charge is -2.35. The second kappa shape index (κ2) is 4.17. The molecule has 0 aromatic carbocycles. The minimum Gasteiger partial charge on any atom is -0.389 e. The maximum atomic E-state index is 10.2. The van der Waals surface area contributed by atoms with Crippen LogP contribution < -0.4 is 5.73 Å². The van der Waals surface area contributed by atoms with Gasteiger partial charge in [-0.2, -0.15) is 0 Å². The van der Waals surface area contributed by atoms with Crippen molar-refractivity contribution < 1.29 is 5.11 Å². The van der Waals surface area contributed by atoms with Gasteiger partial charge in [0.1, 0.15) is 0 Å². The summed E-state index contributed by atoms with van der Waals surface area (Å²) >= 11 is 0. The molecule has 0 amide bonds. The van der Waals surface area contributed by atoms with Gasteiger partial charge in [-0.15, -0.1) is 0 Å². The van der Waals surface area contributed by atoms with Gasteiger partial charge in [-0.3, -0.25) is 0 Å². The van der Waals surface area contributed by atoms with Crippen molar-refractivity contribution >= 4 is 0 Å². The first-order valence-corrected chi connectivity index (χ1v) is 5.88. The fraction of sp³-hybridized carbons (Fsp3) is 1.00. The molecular weight excluding hydrogens is 176 g/mol. The van der Waals surface area contributed by atoms with Crippen LogP contribution in [-0.2, 0) is 0 Å². The number of nitrogens with two attached hydrogens (primary N) is 1. The average molecular weight is 198 g/mol. The van der Waals surface area contributed by atoms with Crippen LogP contribution in [0.3, 0.4) is 0 Å². The molecule has 2 fully saturated rings. The summed E-state index contributed by atoms with van der Waals surface area (Å²) < 4.78 is 0. The maximum Gasteiger partial charge on any atom is 0.0774 e. The summed E-state index contributed by atoms with van der Waals surface area (Å²) in [6, 6.07) is 0.393. The molecule has 3 heteroatoms. The molecule has 0 bridgehead atoms. The molecule has 0 unspecified atom stereocenters. The van der Waals surface area contributed by atoms with Crippen molar-refractivity contribution in [3.8, 4) is 0 Å². The van der Waals surface area contributed by atoms with Crippen LogP contribution in [0, 0.1) is 0 Å². The monoisotopic (exact) mass is 198 g/mol. The second-order valence-electron chi connectivity index (χ2n) is 5.05. The fourth-order valence-corrected chi connectivity index (χ4v) is 2.72. The lowest BCUT2D eigenvalue weighted by atomic mass is 9.99. The van der Waals surface area contributed by atoms with Gasteiger partial charge in [-0.25, -0.2) is 0 Å². The predicted molar refractivity (Wildman–Crippen MR) is 57.1 cm³/mol. The van der Waals surface area contributed by atoms with Gasteiger partial charge in [0.05, 0.1) is 5.60 Å². The summed E-state index contributed by atoms with van der Waals surface area (Å²) in [5, 5.41) is 10.2. The van der Waals surface area contributed by atoms with Crippen LogP contribution in [0.15, 0.2) is 0 Å². The van der Waals surface area contributed by atoms with E-state index in [2.05, 4.69) is 4.90 Å². The molecule has 82 valence electrons. The summed E-state index contributed by atoms with van der Waals surface area (Å²) in [5.41, 5.74) is 5.48. The Balaban J connectivity index is 1.79. The Labute approximate surface area is 86.3 Å². The number of hydrogen-bond acceptors (Lipinski definition) is 3. The quantitative estimate of drug-likeness (QED) is 0.687. The summed E-state index contributed by atoms with van der Waals surface area (Å²) in [4.78, 5) is 2.38. The Hall–Kier alpha value is -0.120. The molecule has 3 N–H and O–H groups in total. The van der Waals surface area contributed by atoms with Gasteiger partial charge in [0.2, 0.25) is 0 Å². The number of aliphatic hydroxyl groups is 1. The standard InChI is InChI=1S/C11H22N2O/c12-10-3-7-13(8-4-10)9-11(14)5-1-2-6-11/h10,14H,1-9,12H2. The van der Waals surface area contributed by atoms with Gasteiger partial charge in [-0.05, 0) is 38.8 Å². The summed E-state index contributed by atoms with van der Waals surface area (Å²) in [5.74, 6) is 0. The minimum atomic E-state index is -0.374. The van der Waals surface area contributed by atoms with Crippen molar-refractivity contribution in [2.24, 2.45) is 5.73 Å². The first-order chi connectivity index (χ1) is 6.68. The zero-order valence-corrected chi connectivity index (χ0v) is 8.91. The topological polar surface area (TPSA) is 49.5 Å². The van der Waals surface area contributed by atoms with Gasteiger partial charge in [0, 0.05) is 12.6 Å². The molecule has 14 heavy (non-hydrogen) atoms. The van der Waals surface area contributed by atoms with Gasteiger partial charge in [0.15, 0.2) is 0 Å². The van der Waals surface area contributed by atoms with E-state index in [-0.39, 0.29) is 5.60 Å². The minimum absolute atomic E-state index is 0.374. The van der Waals surface area contributed by atoms with Crippen LogP contribution >= 0.6 is 0 Å². The molecule has 3 nitrogen and oxygen atoms in total. The normalized spacial score (nSPS) is 29.6. The fourth-order valence-electron chi connectivity index (χ4n) is 2.72. The predicted octanol–water partition coefficient (Wildman–Crippen LogP) is 0.715. The third-order valence-electron chi connectivity index (χ3n) is 3.68. The zero-order valence-electron chi connectivity index (χ0n) is 8.91. The van der Waals surface area contributed by atoms with Gasteiger partial charge >= 0.3 is 0 Å². The van der Waals surface area contributed by atoms with Gasteiger partial charge < -0.3 is 15.7 Å². The van der Waals surface area contributed by atoms with Crippen LogP contribution in [0.2, 0.25) is 0 Å². The molecule has 0 radical (unpaired) electrons. The highest BCUT2D eigenvalue weighted by Crippen LogP contribution is 2.30. The Kier molecular flexibility index (Phi) is 3.10. The van der Waals surface area contributed by atoms with E-state index in [0.717, 1.165) is 45.3 Å². The molecular formula is C11H22N2O. The third kappa shape index (κ3) is 2.47. The summed E-state index contributed by atoms with van der Waals surface area (Å²) in [6.07, 6.45) is 6.57. The molecule has 0 aromatic heterocycles. The van der Waals surface area contributed by atoms with E-state index in [9.17, 15) is 5.11 Å². The average Bonchev–Trinajstić information content (AvgIpc) is 2.57. The number of piperidine rings is 1. The highest BCUT2D eigenvalue weighted by atomic mass is 16.3. The van der Waals surface area contributed by atoms with Crippen molar-refractivity contribution in [2.75, 3.05) is 19.6 Å².